The number of carbonyl (C=O) groups is 2. The van der Waals surface area contributed by atoms with E-state index in [1.807, 2.05) is 42.2 Å². The van der Waals surface area contributed by atoms with Crippen molar-refractivity contribution in [3.63, 3.8) is 0 Å². The van der Waals surface area contributed by atoms with Crippen molar-refractivity contribution < 1.29 is 32.6 Å². The van der Waals surface area contributed by atoms with Gasteiger partial charge in [-0.1, -0.05) is 62.4 Å². The van der Waals surface area contributed by atoms with Crippen molar-refractivity contribution in [2.45, 2.75) is 71.1 Å². The molecule has 4 aromatic heterocycles. The molecule has 4 aliphatic heterocycles. The Morgan fingerprint density at radius 3 is 1.46 bits per heavy atom. The number of rotatable bonds is 8. The fourth-order valence-electron chi connectivity index (χ4n) is 9.89. The molecule has 2 N–H and O–H groups in total. The van der Waals surface area contributed by atoms with Crippen molar-refractivity contribution in [1.29, 1.82) is 0 Å². The topological polar surface area (TPSA) is 126 Å². The summed E-state index contributed by atoms with van der Waals surface area (Å²) < 4.78 is 41.3. The number of likely N-dealkylation sites (tertiary alicyclic amines) is 2. The molecule has 4 fully saturated rings. The minimum Gasteiger partial charge on any atom is -0.475 e. The maximum Gasteiger partial charge on any atom is 0.490 e. The Labute approximate surface area is 408 Å². The maximum atomic E-state index is 12.4. The van der Waals surface area contributed by atoms with Crippen molar-refractivity contribution in [2.24, 2.45) is 0 Å². The number of halogens is 3. The highest BCUT2D eigenvalue weighted by atomic mass is 19.4. The average Bonchev–Trinajstić information content (AvgIpc) is 4.21. The van der Waals surface area contributed by atoms with E-state index in [0.717, 1.165) is 63.6 Å². The Morgan fingerprint density at radius 2 is 1.07 bits per heavy atom. The second kappa shape index (κ2) is 21.9. The van der Waals surface area contributed by atoms with Gasteiger partial charge in [-0.3, -0.25) is 0 Å². The van der Waals surface area contributed by atoms with Gasteiger partial charge in [0.15, 0.2) is 0 Å². The number of ether oxygens (including phenoxy) is 1. The quantitative estimate of drug-likeness (QED) is 0.152. The molecule has 0 bridgehead atoms. The minimum atomic E-state index is -5.08. The first-order valence-electron chi connectivity index (χ1n) is 24.7. The number of fused-ring (bicyclic) bond motifs is 2. The van der Waals surface area contributed by atoms with E-state index in [2.05, 4.69) is 134 Å². The molecular weight excluding hydrogens is 898 g/mol. The first-order chi connectivity index (χ1) is 33.6. The number of carbonyl (C=O) groups excluding carboxylic acids is 1. The van der Waals surface area contributed by atoms with Crippen LogP contribution >= 0.6 is 0 Å². The molecule has 0 aliphatic carbocycles. The molecule has 8 heterocycles. The lowest BCUT2D eigenvalue weighted by atomic mass is 9.96. The predicted octanol–water partition coefficient (Wildman–Crippen LogP) is 8.72. The lowest BCUT2D eigenvalue weighted by Crippen LogP contribution is -2.50. The smallest absolute Gasteiger partial charge is 0.475 e. The zero-order valence-corrected chi connectivity index (χ0v) is 41.0. The van der Waals surface area contributed by atoms with Gasteiger partial charge in [-0.2, -0.15) is 23.4 Å². The van der Waals surface area contributed by atoms with Gasteiger partial charge < -0.3 is 39.7 Å². The Kier molecular flexibility index (Phi) is 15.7. The number of aliphatic carboxylic acids is 1. The molecular formula is C53H67F3N10O4. The number of carboxylic acid groups (broad SMARTS) is 1. The van der Waals surface area contributed by atoms with Crippen LogP contribution in [0.4, 0.5) is 29.3 Å². The summed E-state index contributed by atoms with van der Waals surface area (Å²) in [7, 11) is 0. The van der Waals surface area contributed by atoms with Crippen LogP contribution in [0.2, 0.25) is 0 Å². The third-order valence-electron chi connectivity index (χ3n) is 13.8. The highest BCUT2D eigenvalue weighted by Crippen LogP contribution is 2.34. The van der Waals surface area contributed by atoms with E-state index in [0.29, 0.717) is 24.9 Å². The van der Waals surface area contributed by atoms with E-state index >= 15 is 0 Å². The maximum absolute atomic E-state index is 12.4. The number of piperazine rings is 2. The van der Waals surface area contributed by atoms with Gasteiger partial charge in [0.05, 0.1) is 22.4 Å². The standard InChI is InChI=1S/C28H37N5O2.C23H29N5.C2HF3O2/c1-5-30-13-11-23(19-30)21-6-8-22(9-7-21)24-18-26-25(10-12-29-33(26)20-24)31-14-16-32(17-15-31)27(34)35-28(2,3)4;1-2-26-12-8-20(16-26)18-3-5-19(6-4-18)21-15-23-22(7-9-25-28(23)17-21)27-13-10-24-11-14-27;3-2(4,5)1(6)7/h6-10,12,18,20,23H,5,11,13-17,19H2,1-4H3;3-7,9,15,17,20,24H,2,8,10-14,16H2,1H3;(H,6,7). The Bertz CT molecular complexity index is 2680. The molecule has 1 amide bonds. The summed E-state index contributed by atoms with van der Waals surface area (Å²) in [4.78, 5) is 33.0. The number of nitrogens with one attached hydrogen (secondary N) is 1. The number of hydrogen-bond donors (Lipinski definition) is 2. The molecule has 0 spiro atoms. The summed E-state index contributed by atoms with van der Waals surface area (Å²) in [5.41, 5.74) is 12.0. The van der Waals surface area contributed by atoms with Crippen LogP contribution in [0, 0.1) is 0 Å². The summed E-state index contributed by atoms with van der Waals surface area (Å²) >= 11 is 0. The fraction of sp³-hybridized carbons (Fsp3) is 0.472. The van der Waals surface area contributed by atoms with E-state index in [1.54, 1.807) is 4.90 Å². The molecule has 70 heavy (non-hydrogen) atoms. The normalized spacial score (nSPS) is 19.2. The van der Waals surface area contributed by atoms with Crippen molar-refractivity contribution in [1.82, 2.24) is 39.2 Å². The molecule has 14 nitrogen and oxygen atoms in total. The number of carboxylic acids is 1. The van der Waals surface area contributed by atoms with Crippen molar-refractivity contribution in [3.8, 4) is 22.3 Å². The highest BCUT2D eigenvalue weighted by Gasteiger charge is 2.38. The van der Waals surface area contributed by atoms with Gasteiger partial charge in [0.25, 0.3) is 0 Å². The summed E-state index contributed by atoms with van der Waals surface area (Å²) in [6, 6.07) is 27.0. The molecule has 374 valence electrons. The van der Waals surface area contributed by atoms with Crippen LogP contribution < -0.4 is 15.1 Å². The van der Waals surface area contributed by atoms with Crippen LogP contribution in [0.15, 0.2) is 97.6 Å². The number of hydrogen-bond acceptors (Lipinski definition) is 10. The fourth-order valence-corrected chi connectivity index (χ4v) is 9.89. The third kappa shape index (κ3) is 12.2. The van der Waals surface area contributed by atoms with Crippen LogP contribution in [-0.2, 0) is 9.53 Å². The highest BCUT2D eigenvalue weighted by molar-refractivity contribution is 5.81. The van der Waals surface area contributed by atoms with Crippen molar-refractivity contribution >= 4 is 34.5 Å². The summed E-state index contributed by atoms with van der Waals surface area (Å²) in [5, 5.41) is 19.7. The number of amides is 1. The summed E-state index contributed by atoms with van der Waals surface area (Å²) in [6.45, 7) is 24.3. The Hall–Kier alpha value is -6.17. The summed E-state index contributed by atoms with van der Waals surface area (Å²) in [5.74, 6) is -1.43. The van der Waals surface area contributed by atoms with Crippen LogP contribution in [0.3, 0.4) is 0 Å². The van der Waals surface area contributed by atoms with Gasteiger partial charge in [-0.05, 0) is 118 Å². The molecule has 4 saturated heterocycles. The summed E-state index contributed by atoms with van der Waals surface area (Å²) in [6.07, 6.45) is 5.25. The number of anilines is 2. The molecule has 6 aromatic rings. The lowest BCUT2D eigenvalue weighted by Gasteiger charge is -2.36. The van der Waals surface area contributed by atoms with Gasteiger partial charge in [0.2, 0.25) is 0 Å². The molecule has 4 aliphatic rings. The van der Waals surface area contributed by atoms with Gasteiger partial charge in [0.1, 0.15) is 5.60 Å². The zero-order chi connectivity index (χ0) is 49.6. The molecule has 17 heteroatoms. The molecule has 2 atom stereocenters. The van der Waals surface area contributed by atoms with Gasteiger partial charge in [-0.25, -0.2) is 18.6 Å². The van der Waals surface area contributed by atoms with Gasteiger partial charge in [-0.15, -0.1) is 0 Å². The van der Waals surface area contributed by atoms with Crippen LogP contribution in [0.25, 0.3) is 33.3 Å². The number of alkyl halides is 3. The van der Waals surface area contributed by atoms with Gasteiger partial charge in [0, 0.05) is 101 Å². The first kappa shape index (κ1) is 50.2. The second-order valence-electron chi connectivity index (χ2n) is 19.5. The Morgan fingerprint density at radius 1 is 0.643 bits per heavy atom. The number of nitrogens with zero attached hydrogens (tertiary/aromatic N) is 9. The number of likely N-dealkylation sites (N-methyl/N-ethyl adjacent to an activating group) is 2. The largest absolute Gasteiger partial charge is 0.490 e. The van der Waals surface area contributed by atoms with Crippen LogP contribution in [0.5, 0.6) is 0 Å². The van der Waals surface area contributed by atoms with Crippen molar-refractivity contribution in [2.75, 3.05) is 101 Å². The Balaban J connectivity index is 0.000000169. The SMILES string of the molecule is CCN1CCC(c2ccc(-c3cc4c(N5CCN(C(=O)OC(C)(C)C)CC5)ccnn4c3)cc2)C1.CCN1CCC(c2ccc(-c3cc4c(N5CCNCC5)ccnn4c3)cc2)C1.O=C(O)C(F)(F)F. The predicted molar refractivity (Wildman–Crippen MR) is 269 cm³/mol. The van der Waals surface area contributed by atoms with Crippen LogP contribution in [-0.4, -0.2) is 155 Å². The van der Waals surface area contributed by atoms with E-state index in [9.17, 15) is 18.0 Å². The zero-order valence-electron chi connectivity index (χ0n) is 41.0. The minimum absolute atomic E-state index is 0.231. The molecule has 2 aromatic carbocycles. The van der Waals surface area contributed by atoms with E-state index in [-0.39, 0.29) is 6.09 Å². The number of benzene rings is 2. The van der Waals surface area contributed by atoms with E-state index in [4.69, 9.17) is 14.6 Å². The van der Waals surface area contributed by atoms with Gasteiger partial charge >= 0.3 is 18.2 Å². The van der Waals surface area contributed by atoms with E-state index < -0.39 is 17.7 Å². The second-order valence-corrected chi connectivity index (χ2v) is 19.5. The molecule has 0 saturated carbocycles. The third-order valence-corrected chi connectivity index (χ3v) is 13.8. The first-order valence-corrected chi connectivity index (χ1v) is 24.7. The molecule has 2 unspecified atom stereocenters. The molecule has 0 radical (unpaired) electrons. The number of aromatic nitrogens is 4. The lowest BCUT2D eigenvalue weighted by molar-refractivity contribution is -0.192. The van der Waals surface area contributed by atoms with Crippen molar-refractivity contribution in [3.05, 3.63) is 109 Å². The van der Waals surface area contributed by atoms with Crippen LogP contribution in [0.1, 0.15) is 70.4 Å². The average molecular weight is 965 g/mol. The van der Waals surface area contributed by atoms with E-state index in [1.165, 1.54) is 83.6 Å². The monoisotopic (exact) mass is 965 g/mol. The molecule has 10 rings (SSSR count).